The molecule has 2 aromatic rings. The van der Waals surface area contributed by atoms with Gasteiger partial charge in [0, 0.05) is 36.7 Å². The Balaban J connectivity index is 1.74. The molecule has 2 N–H and O–H groups in total. The molecule has 1 unspecified atom stereocenters. The number of halogens is 1. The standard InChI is InChI=1S/C23H28ClN3O2S/c1-16(2)14-21(28)26-22(17-6-4-3-5-7-17)23(29)25-18-8-9-20(19(24)15-18)27-10-12-30-13-11-27/h3-9,15-16,22H,10-14H2,1-2H3,(H,25,29)(H,26,28). The number of thioether (sulfide) groups is 1. The Bertz CT molecular complexity index is 870. The fourth-order valence-corrected chi connectivity index (χ4v) is 4.60. The molecule has 1 aliphatic rings. The monoisotopic (exact) mass is 445 g/mol. The van der Waals surface area contributed by atoms with Crippen molar-refractivity contribution < 1.29 is 9.59 Å². The lowest BCUT2D eigenvalue weighted by Crippen LogP contribution is -2.37. The largest absolute Gasteiger partial charge is 0.369 e. The Labute approximate surface area is 187 Å². The van der Waals surface area contributed by atoms with Gasteiger partial charge in [-0.25, -0.2) is 0 Å². The molecule has 0 aromatic heterocycles. The summed E-state index contributed by atoms with van der Waals surface area (Å²) in [6.45, 7) is 5.88. The average molecular weight is 446 g/mol. The fourth-order valence-electron chi connectivity index (χ4n) is 3.40. The van der Waals surface area contributed by atoms with E-state index in [0.717, 1.165) is 35.8 Å². The van der Waals surface area contributed by atoms with Crippen LogP contribution in [0.2, 0.25) is 5.02 Å². The molecule has 0 saturated carbocycles. The summed E-state index contributed by atoms with van der Waals surface area (Å²) in [4.78, 5) is 27.7. The number of amides is 2. The van der Waals surface area contributed by atoms with Gasteiger partial charge in [0.1, 0.15) is 6.04 Å². The highest BCUT2D eigenvalue weighted by molar-refractivity contribution is 7.99. The summed E-state index contributed by atoms with van der Waals surface area (Å²) in [6.07, 6.45) is 0.366. The predicted molar refractivity (Wildman–Crippen MR) is 126 cm³/mol. The van der Waals surface area contributed by atoms with Gasteiger partial charge in [-0.1, -0.05) is 55.8 Å². The van der Waals surface area contributed by atoms with Crippen LogP contribution in [-0.2, 0) is 9.59 Å². The summed E-state index contributed by atoms with van der Waals surface area (Å²) < 4.78 is 0. The second-order valence-electron chi connectivity index (χ2n) is 7.76. The molecule has 1 heterocycles. The zero-order valence-electron chi connectivity index (χ0n) is 17.4. The summed E-state index contributed by atoms with van der Waals surface area (Å²) >= 11 is 8.46. The van der Waals surface area contributed by atoms with Gasteiger partial charge >= 0.3 is 0 Å². The van der Waals surface area contributed by atoms with Crippen molar-refractivity contribution in [3.05, 3.63) is 59.1 Å². The maximum atomic E-state index is 13.1. The normalized spacial score (nSPS) is 15.0. The Morgan fingerprint density at radius 3 is 2.43 bits per heavy atom. The van der Waals surface area contributed by atoms with Crippen molar-refractivity contribution in [2.75, 3.05) is 34.8 Å². The van der Waals surface area contributed by atoms with Gasteiger partial charge < -0.3 is 15.5 Å². The van der Waals surface area contributed by atoms with E-state index >= 15 is 0 Å². The summed E-state index contributed by atoms with van der Waals surface area (Å²) in [5.41, 5.74) is 2.33. The fraction of sp³-hybridized carbons (Fsp3) is 0.391. The van der Waals surface area contributed by atoms with Crippen LogP contribution < -0.4 is 15.5 Å². The van der Waals surface area contributed by atoms with Gasteiger partial charge in [0.2, 0.25) is 5.91 Å². The first-order chi connectivity index (χ1) is 14.4. The first-order valence-electron chi connectivity index (χ1n) is 10.2. The van der Waals surface area contributed by atoms with Crippen LogP contribution in [0.4, 0.5) is 11.4 Å². The van der Waals surface area contributed by atoms with E-state index in [0.29, 0.717) is 17.1 Å². The number of carbonyl (C=O) groups excluding carboxylic acids is 2. The van der Waals surface area contributed by atoms with Gasteiger partial charge in [0.05, 0.1) is 10.7 Å². The summed E-state index contributed by atoms with van der Waals surface area (Å²) in [7, 11) is 0. The van der Waals surface area contributed by atoms with Crippen molar-refractivity contribution in [2.45, 2.75) is 26.3 Å². The predicted octanol–water partition coefficient (Wildman–Crippen LogP) is 4.74. The molecule has 160 valence electrons. The Morgan fingerprint density at radius 2 is 1.80 bits per heavy atom. The van der Waals surface area contributed by atoms with Crippen LogP contribution in [0.15, 0.2) is 48.5 Å². The van der Waals surface area contributed by atoms with E-state index in [4.69, 9.17) is 11.6 Å². The molecule has 1 fully saturated rings. The van der Waals surface area contributed by atoms with Crippen molar-refractivity contribution in [3.8, 4) is 0 Å². The van der Waals surface area contributed by atoms with Gasteiger partial charge in [-0.05, 0) is 29.7 Å². The van der Waals surface area contributed by atoms with Gasteiger partial charge in [-0.3, -0.25) is 9.59 Å². The molecule has 0 radical (unpaired) electrons. The molecule has 2 aromatic carbocycles. The minimum absolute atomic E-state index is 0.148. The molecule has 7 heteroatoms. The molecule has 2 amide bonds. The van der Waals surface area contributed by atoms with Crippen molar-refractivity contribution in [1.82, 2.24) is 5.32 Å². The van der Waals surface area contributed by atoms with Gasteiger partial charge in [0.25, 0.3) is 5.91 Å². The maximum Gasteiger partial charge on any atom is 0.251 e. The van der Waals surface area contributed by atoms with E-state index in [1.165, 1.54) is 0 Å². The van der Waals surface area contributed by atoms with Crippen molar-refractivity contribution >= 4 is 46.6 Å². The summed E-state index contributed by atoms with van der Waals surface area (Å²) in [6, 6.07) is 14.1. The number of rotatable bonds is 7. The van der Waals surface area contributed by atoms with Gasteiger partial charge in [0.15, 0.2) is 0 Å². The second-order valence-corrected chi connectivity index (χ2v) is 9.40. The number of hydrogen-bond acceptors (Lipinski definition) is 4. The summed E-state index contributed by atoms with van der Waals surface area (Å²) in [5, 5.41) is 6.39. The Kier molecular flexibility index (Phi) is 8.05. The minimum atomic E-state index is -0.768. The van der Waals surface area contributed by atoms with E-state index in [2.05, 4.69) is 15.5 Å². The zero-order chi connectivity index (χ0) is 21.5. The Morgan fingerprint density at radius 1 is 1.10 bits per heavy atom. The molecule has 1 saturated heterocycles. The lowest BCUT2D eigenvalue weighted by Gasteiger charge is -2.29. The first-order valence-corrected chi connectivity index (χ1v) is 11.7. The number of anilines is 2. The topological polar surface area (TPSA) is 61.4 Å². The number of benzene rings is 2. The third-order valence-corrected chi connectivity index (χ3v) is 6.11. The zero-order valence-corrected chi connectivity index (χ0v) is 18.9. The van der Waals surface area contributed by atoms with E-state index in [1.807, 2.05) is 68.1 Å². The van der Waals surface area contributed by atoms with Crippen LogP contribution in [0.1, 0.15) is 31.9 Å². The van der Waals surface area contributed by atoms with E-state index < -0.39 is 6.04 Å². The highest BCUT2D eigenvalue weighted by Crippen LogP contribution is 2.31. The number of hydrogen-bond donors (Lipinski definition) is 2. The number of nitrogens with zero attached hydrogens (tertiary/aromatic N) is 1. The molecular weight excluding hydrogens is 418 g/mol. The number of nitrogens with one attached hydrogen (secondary N) is 2. The van der Waals surface area contributed by atoms with Crippen molar-refractivity contribution in [1.29, 1.82) is 0 Å². The highest BCUT2D eigenvalue weighted by Gasteiger charge is 2.23. The Hall–Kier alpha value is -2.18. The minimum Gasteiger partial charge on any atom is -0.369 e. The van der Waals surface area contributed by atoms with Crippen LogP contribution in [-0.4, -0.2) is 36.4 Å². The molecule has 30 heavy (non-hydrogen) atoms. The van der Waals surface area contributed by atoms with Crippen LogP contribution in [0.5, 0.6) is 0 Å². The van der Waals surface area contributed by atoms with E-state index in [9.17, 15) is 9.59 Å². The second kappa shape index (κ2) is 10.7. The molecule has 0 bridgehead atoms. The van der Waals surface area contributed by atoms with Crippen LogP contribution in [0, 0.1) is 5.92 Å². The van der Waals surface area contributed by atoms with Crippen molar-refractivity contribution in [3.63, 3.8) is 0 Å². The lowest BCUT2D eigenvalue weighted by atomic mass is 10.0. The van der Waals surface area contributed by atoms with Crippen LogP contribution in [0.3, 0.4) is 0 Å². The van der Waals surface area contributed by atoms with Gasteiger partial charge in [-0.15, -0.1) is 0 Å². The quantitative estimate of drug-likeness (QED) is 0.646. The van der Waals surface area contributed by atoms with E-state index in [1.54, 1.807) is 6.07 Å². The lowest BCUT2D eigenvalue weighted by molar-refractivity contribution is -0.127. The molecule has 1 atom stereocenters. The van der Waals surface area contributed by atoms with Crippen molar-refractivity contribution in [2.24, 2.45) is 5.92 Å². The number of carbonyl (C=O) groups is 2. The third kappa shape index (κ3) is 6.16. The molecule has 5 nitrogen and oxygen atoms in total. The first kappa shape index (κ1) is 22.5. The molecule has 3 rings (SSSR count). The molecule has 1 aliphatic heterocycles. The highest BCUT2D eigenvalue weighted by atomic mass is 35.5. The third-order valence-electron chi connectivity index (χ3n) is 4.86. The molecular formula is C23H28ClN3O2S. The smallest absolute Gasteiger partial charge is 0.251 e. The van der Waals surface area contributed by atoms with E-state index in [-0.39, 0.29) is 17.7 Å². The molecule has 0 spiro atoms. The molecule has 0 aliphatic carbocycles. The SMILES string of the molecule is CC(C)CC(=O)NC(C(=O)Nc1ccc(N2CCSCC2)c(Cl)c1)c1ccccc1. The van der Waals surface area contributed by atoms with Crippen LogP contribution >= 0.6 is 23.4 Å². The maximum absolute atomic E-state index is 13.1. The average Bonchev–Trinajstić information content (AvgIpc) is 2.73. The van der Waals surface area contributed by atoms with Gasteiger partial charge in [-0.2, -0.15) is 11.8 Å². The summed E-state index contributed by atoms with van der Waals surface area (Å²) in [5.74, 6) is 1.94. The van der Waals surface area contributed by atoms with Crippen LogP contribution in [0.25, 0.3) is 0 Å².